The molecule has 1 aromatic carbocycles. The smallest absolute Gasteiger partial charge is 0.338 e. The first-order valence-corrected chi connectivity index (χ1v) is 8.54. The molecule has 0 fully saturated rings. The number of hydrogen-bond acceptors (Lipinski definition) is 5. The van der Waals surface area contributed by atoms with Gasteiger partial charge in [-0.2, -0.15) is 0 Å². The van der Waals surface area contributed by atoms with Crippen molar-refractivity contribution in [2.45, 2.75) is 19.9 Å². The molecule has 0 spiro atoms. The minimum absolute atomic E-state index is 0.144. The molecule has 1 atom stereocenters. The zero-order valence-electron chi connectivity index (χ0n) is 15.3. The van der Waals surface area contributed by atoms with E-state index in [2.05, 4.69) is 10.6 Å². The van der Waals surface area contributed by atoms with E-state index in [1.54, 1.807) is 31.2 Å². The second-order valence-corrected chi connectivity index (χ2v) is 6.26. The number of carbonyl (C=O) groups excluding carboxylic acids is 2. The Bertz CT molecular complexity index is 730. The molecule has 0 radical (unpaired) electrons. The van der Waals surface area contributed by atoms with Crippen LogP contribution in [0.25, 0.3) is 0 Å². The lowest BCUT2D eigenvalue weighted by molar-refractivity contribution is -0.140. The van der Waals surface area contributed by atoms with Crippen LogP contribution in [-0.2, 0) is 19.1 Å². The van der Waals surface area contributed by atoms with Gasteiger partial charge in [-0.25, -0.2) is 4.79 Å². The summed E-state index contributed by atoms with van der Waals surface area (Å²) in [6, 6.07) is 6.81. The van der Waals surface area contributed by atoms with Crippen molar-refractivity contribution < 1.29 is 19.1 Å². The van der Waals surface area contributed by atoms with Crippen molar-refractivity contribution in [1.29, 1.82) is 0 Å². The van der Waals surface area contributed by atoms with Gasteiger partial charge < -0.3 is 25.0 Å². The molecule has 0 aliphatic carbocycles. The molecular formula is C18H23N3O4S. The Morgan fingerprint density at radius 1 is 1.27 bits per heavy atom. The monoisotopic (exact) mass is 377 g/mol. The molecule has 0 bridgehead atoms. The maximum atomic E-state index is 12.6. The molecular weight excluding hydrogens is 354 g/mol. The van der Waals surface area contributed by atoms with Crippen molar-refractivity contribution in [2.24, 2.45) is 0 Å². The van der Waals surface area contributed by atoms with Crippen LogP contribution in [-0.4, -0.2) is 49.3 Å². The van der Waals surface area contributed by atoms with E-state index in [1.807, 2.05) is 19.1 Å². The van der Waals surface area contributed by atoms with E-state index in [1.165, 1.54) is 6.92 Å². The van der Waals surface area contributed by atoms with Gasteiger partial charge in [-0.15, -0.1) is 0 Å². The summed E-state index contributed by atoms with van der Waals surface area (Å²) in [4.78, 5) is 25.5. The second kappa shape index (κ2) is 8.77. The summed E-state index contributed by atoms with van der Waals surface area (Å²) < 4.78 is 10.2. The predicted octanol–water partition coefficient (Wildman–Crippen LogP) is 1.97. The summed E-state index contributed by atoms with van der Waals surface area (Å²) in [5.41, 5.74) is 2.74. The highest BCUT2D eigenvalue weighted by Gasteiger charge is 2.33. The molecule has 7 nitrogen and oxygen atoms in total. The molecule has 2 N–H and O–H groups in total. The summed E-state index contributed by atoms with van der Waals surface area (Å²) >= 11 is 5.36. The van der Waals surface area contributed by atoms with E-state index in [0.29, 0.717) is 23.0 Å². The molecule has 140 valence electrons. The van der Waals surface area contributed by atoms with E-state index < -0.39 is 12.0 Å². The SMILES string of the molecule is COCCOC(=O)C1=C(C)N(C)C(=S)N[C@@H]1c1ccc(NC(C)=O)cc1. The van der Waals surface area contributed by atoms with Crippen molar-refractivity contribution in [2.75, 3.05) is 32.7 Å². The van der Waals surface area contributed by atoms with Crippen LogP contribution in [0.15, 0.2) is 35.5 Å². The van der Waals surface area contributed by atoms with Gasteiger partial charge in [0.2, 0.25) is 5.91 Å². The fourth-order valence-electron chi connectivity index (χ4n) is 2.61. The summed E-state index contributed by atoms with van der Waals surface area (Å²) in [7, 11) is 3.34. The van der Waals surface area contributed by atoms with Gasteiger partial charge in [0.25, 0.3) is 0 Å². The van der Waals surface area contributed by atoms with E-state index in [4.69, 9.17) is 21.7 Å². The third-order valence-corrected chi connectivity index (χ3v) is 4.45. The highest BCUT2D eigenvalue weighted by Crippen LogP contribution is 2.31. The number of hydrogen-bond donors (Lipinski definition) is 2. The molecule has 26 heavy (non-hydrogen) atoms. The number of allylic oxidation sites excluding steroid dienone is 1. The molecule has 8 heteroatoms. The van der Waals surface area contributed by atoms with Crippen LogP contribution in [0.2, 0.25) is 0 Å². The summed E-state index contributed by atoms with van der Waals surface area (Å²) in [6.45, 7) is 3.79. The van der Waals surface area contributed by atoms with E-state index in [-0.39, 0.29) is 12.5 Å². The first kappa shape index (κ1) is 19.9. The van der Waals surface area contributed by atoms with Gasteiger partial charge in [0.1, 0.15) is 6.61 Å². The third kappa shape index (κ3) is 4.59. The molecule has 0 unspecified atom stereocenters. The molecule has 1 heterocycles. The van der Waals surface area contributed by atoms with Gasteiger partial charge in [0.15, 0.2) is 5.11 Å². The largest absolute Gasteiger partial charge is 0.460 e. The average molecular weight is 377 g/mol. The van der Waals surface area contributed by atoms with E-state index >= 15 is 0 Å². The number of carbonyl (C=O) groups is 2. The maximum absolute atomic E-state index is 12.6. The van der Waals surface area contributed by atoms with Gasteiger partial charge in [0, 0.05) is 32.5 Å². The number of rotatable bonds is 6. The maximum Gasteiger partial charge on any atom is 0.338 e. The quantitative estimate of drug-likeness (QED) is 0.446. The van der Waals surface area contributed by atoms with Crippen molar-refractivity contribution in [3.63, 3.8) is 0 Å². The van der Waals surface area contributed by atoms with Crippen molar-refractivity contribution in [1.82, 2.24) is 10.2 Å². The van der Waals surface area contributed by atoms with Gasteiger partial charge in [-0.1, -0.05) is 12.1 Å². The number of nitrogens with zero attached hydrogens (tertiary/aromatic N) is 1. The Kier molecular flexibility index (Phi) is 6.70. The lowest BCUT2D eigenvalue weighted by atomic mass is 9.95. The molecule has 1 aromatic rings. The molecule has 1 amide bonds. The lowest BCUT2D eigenvalue weighted by Crippen LogP contribution is -2.46. The standard InChI is InChI=1S/C18H23N3O4S/c1-11-15(17(23)25-10-9-24-4)16(20-18(26)21(11)3)13-5-7-14(8-6-13)19-12(2)22/h5-8,16H,9-10H2,1-4H3,(H,19,22)(H,20,26)/t16-/m1/s1. The Balaban J connectivity index is 2.32. The number of thiocarbonyl (C=S) groups is 1. The van der Waals surface area contributed by atoms with E-state index in [0.717, 1.165) is 11.3 Å². The number of benzene rings is 1. The van der Waals surface area contributed by atoms with Gasteiger partial charge >= 0.3 is 5.97 Å². The van der Waals surface area contributed by atoms with Gasteiger partial charge in [-0.3, -0.25) is 4.79 Å². The fraction of sp³-hybridized carbons (Fsp3) is 0.389. The highest BCUT2D eigenvalue weighted by atomic mass is 32.1. The van der Waals surface area contributed by atoms with Crippen LogP contribution in [0.4, 0.5) is 5.69 Å². The predicted molar refractivity (Wildman–Crippen MR) is 103 cm³/mol. The van der Waals surface area contributed by atoms with Gasteiger partial charge in [-0.05, 0) is 36.8 Å². The molecule has 0 saturated heterocycles. The van der Waals surface area contributed by atoms with Crippen LogP contribution in [0.3, 0.4) is 0 Å². The van der Waals surface area contributed by atoms with Crippen molar-refractivity contribution in [3.05, 3.63) is 41.1 Å². The highest BCUT2D eigenvalue weighted by molar-refractivity contribution is 7.80. The van der Waals surface area contributed by atoms with Crippen LogP contribution < -0.4 is 10.6 Å². The van der Waals surface area contributed by atoms with Crippen LogP contribution in [0.1, 0.15) is 25.5 Å². The minimum Gasteiger partial charge on any atom is -0.460 e. The molecule has 1 aliphatic heterocycles. The Hall–Kier alpha value is -2.45. The van der Waals surface area contributed by atoms with Crippen LogP contribution >= 0.6 is 12.2 Å². The first-order chi connectivity index (χ1) is 12.3. The molecule has 0 saturated carbocycles. The second-order valence-electron chi connectivity index (χ2n) is 5.87. The number of nitrogens with one attached hydrogen (secondary N) is 2. The third-order valence-electron chi connectivity index (χ3n) is 4.06. The fourth-order valence-corrected chi connectivity index (χ4v) is 2.86. The van der Waals surface area contributed by atoms with Crippen molar-refractivity contribution >= 4 is 34.9 Å². The number of anilines is 1. The lowest BCUT2D eigenvalue weighted by Gasteiger charge is -2.35. The van der Waals surface area contributed by atoms with Crippen molar-refractivity contribution in [3.8, 4) is 0 Å². The number of esters is 1. The number of ether oxygens (including phenoxy) is 2. The number of amides is 1. The van der Waals surface area contributed by atoms with Crippen LogP contribution in [0, 0.1) is 0 Å². The summed E-state index contributed by atoms with van der Waals surface area (Å²) in [5.74, 6) is -0.563. The molecule has 2 rings (SSSR count). The minimum atomic E-state index is -0.430. The summed E-state index contributed by atoms with van der Waals surface area (Å²) in [5, 5.41) is 6.41. The topological polar surface area (TPSA) is 79.9 Å². The summed E-state index contributed by atoms with van der Waals surface area (Å²) in [6.07, 6.45) is 0. The zero-order chi connectivity index (χ0) is 19.3. The molecule has 1 aliphatic rings. The van der Waals surface area contributed by atoms with Gasteiger partial charge in [0.05, 0.1) is 18.2 Å². The van der Waals surface area contributed by atoms with Crippen LogP contribution in [0.5, 0.6) is 0 Å². The Labute approximate surface area is 158 Å². The average Bonchev–Trinajstić information content (AvgIpc) is 2.59. The Morgan fingerprint density at radius 2 is 1.92 bits per heavy atom. The number of methoxy groups -OCH3 is 1. The first-order valence-electron chi connectivity index (χ1n) is 8.13. The van der Waals surface area contributed by atoms with E-state index in [9.17, 15) is 9.59 Å². The normalized spacial score (nSPS) is 17.0. The molecule has 0 aromatic heterocycles. The zero-order valence-corrected chi connectivity index (χ0v) is 16.1. The Morgan fingerprint density at radius 3 is 2.50 bits per heavy atom.